The van der Waals surface area contributed by atoms with Gasteiger partial charge in [-0.2, -0.15) is 0 Å². The molecule has 1 aromatic heterocycles. The maximum atomic E-state index is 11.6. The van der Waals surface area contributed by atoms with Crippen LogP contribution >= 0.6 is 0 Å². The van der Waals surface area contributed by atoms with Crippen LogP contribution in [0, 0.1) is 13.8 Å². The molecule has 1 aromatic rings. The third-order valence-corrected chi connectivity index (χ3v) is 2.57. The van der Waals surface area contributed by atoms with Crippen molar-refractivity contribution in [1.82, 2.24) is 4.57 Å². The van der Waals surface area contributed by atoms with Gasteiger partial charge in [0, 0.05) is 24.8 Å². The third-order valence-electron chi connectivity index (χ3n) is 2.57. The Morgan fingerprint density at radius 2 is 2.07 bits per heavy atom. The molecule has 0 aromatic carbocycles. The predicted molar refractivity (Wildman–Crippen MR) is 58.4 cm³/mol. The van der Waals surface area contributed by atoms with E-state index >= 15 is 0 Å². The van der Waals surface area contributed by atoms with E-state index in [2.05, 4.69) is 6.92 Å². The predicted octanol–water partition coefficient (Wildman–Crippen LogP) is 1.33. The molecule has 0 aliphatic heterocycles. The summed E-state index contributed by atoms with van der Waals surface area (Å²) < 4.78 is 1.80. The number of aryl methyl sites for hydroxylation is 1. The second kappa shape index (κ2) is 4.42. The zero-order chi connectivity index (χ0) is 10.7. The molecule has 0 bridgehead atoms. The van der Waals surface area contributed by atoms with Gasteiger partial charge >= 0.3 is 0 Å². The fourth-order valence-electron chi connectivity index (χ4n) is 1.77. The average molecular weight is 194 g/mol. The van der Waals surface area contributed by atoms with E-state index in [9.17, 15) is 4.79 Å². The third kappa shape index (κ3) is 1.87. The van der Waals surface area contributed by atoms with Crippen molar-refractivity contribution < 1.29 is 0 Å². The van der Waals surface area contributed by atoms with Gasteiger partial charge in [-0.15, -0.1) is 0 Å². The summed E-state index contributed by atoms with van der Waals surface area (Å²) in [6.07, 6.45) is 0.966. The molecule has 3 heteroatoms. The summed E-state index contributed by atoms with van der Waals surface area (Å²) in [7, 11) is 0. The number of nitrogens with zero attached hydrogens (tertiary/aromatic N) is 1. The number of pyridine rings is 1. The lowest BCUT2D eigenvalue weighted by atomic mass is 10.1. The molecule has 0 amide bonds. The highest BCUT2D eigenvalue weighted by Gasteiger charge is 2.07. The molecule has 1 heterocycles. The van der Waals surface area contributed by atoms with Crippen LogP contribution < -0.4 is 11.3 Å². The van der Waals surface area contributed by atoms with Crippen LogP contribution in [0.25, 0.3) is 0 Å². The Morgan fingerprint density at radius 3 is 2.57 bits per heavy atom. The summed E-state index contributed by atoms with van der Waals surface area (Å²) in [5, 5.41) is 0. The molecule has 1 rings (SSSR count). The lowest BCUT2D eigenvalue weighted by Gasteiger charge is -2.14. The Kier molecular flexibility index (Phi) is 3.47. The minimum atomic E-state index is 0.0825. The highest BCUT2D eigenvalue weighted by atomic mass is 16.1. The Balaban J connectivity index is 3.36. The average Bonchev–Trinajstić information content (AvgIpc) is 2.12. The normalized spacial score (nSPS) is 10.6. The van der Waals surface area contributed by atoms with Crippen molar-refractivity contribution >= 4 is 0 Å². The Labute approximate surface area is 84.6 Å². The molecule has 0 aliphatic rings. The van der Waals surface area contributed by atoms with Crippen LogP contribution in [-0.4, -0.2) is 4.57 Å². The molecule has 0 fully saturated rings. The van der Waals surface area contributed by atoms with Crippen LogP contribution in [0.1, 0.15) is 30.2 Å². The maximum absolute atomic E-state index is 11.6. The van der Waals surface area contributed by atoms with Gasteiger partial charge in [-0.05, 0) is 31.4 Å². The number of rotatable bonds is 3. The van der Waals surface area contributed by atoms with Crippen molar-refractivity contribution in [2.24, 2.45) is 5.73 Å². The molecule has 0 saturated heterocycles. The Bertz CT molecular complexity index is 380. The monoisotopic (exact) mass is 194 g/mol. The van der Waals surface area contributed by atoms with E-state index in [1.54, 1.807) is 10.6 Å². The van der Waals surface area contributed by atoms with Crippen molar-refractivity contribution in [1.29, 1.82) is 0 Å². The molecule has 0 aliphatic carbocycles. The van der Waals surface area contributed by atoms with Crippen LogP contribution in [0.15, 0.2) is 10.9 Å². The summed E-state index contributed by atoms with van der Waals surface area (Å²) in [4.78, 5) is 11.6. The fraction of sp³-hybridized carbons (Fsp3) is 0.545. The first-order valence-electron chi connectivity index (χ1n) is 5.01. The smallest absolute Gasteiger partial charge is 0.250 e. The first-order chi connectivity index (χ1) is 6.61. The zero-order valence-corrected chi connectivity index (χ0v) is 9.13. The molecular formula is C11H18N2O. The van der Waals surface area contributed by atoms with Gasteiger partial charge in [-0.1, -0.05) is 6.92 Å². The van der Waals surface area contributed by atoms with E-state index in [1.807, 2.05) is 13.8 Å². The van der Waals surface area contributed by atoms with Gasteiger partial charge in [0.2, 0.25) is 0 Å². The van der Waals surface area contributed by atoms with E-state index < -0.39 is 0 Å². The summed E-state index contributed by atoms with van der Waals surface area (Å²) in [5.41, 5.74) is 8.84. The minimum Gasteiger partial charge on any atom is -0.326 e. The Hall–Kier alpha value is -1.09. The van der Waals surface area contributed by atoms with Crippen molar-refractivity contribution in [3.8, 4) is 0 Å². The molecule has 2 N–H and O–H groups in total. The molecular weight excluding hydrogens is 176 g/mol. The highest BCUT2D eigenvalue weighted by Crippen LogP contribution is 2.10. The van der Waals surface area contributed by atoms with E-state index in [4.69, 9.17) is 5.73 Å². The summed E-state index contributed by atoms with van der Waals surface area (Å²) in [6, 6.07) is 1.67. The topological polar surface area (TPSA) is 48.0 Å². The van der Waals surface area contributed by atoms with E-state index in [1.165, 1.54) is 0 Å². The van der Waals surface area contributed by atoms with Gasteiger partial charge in [0.25, 0.3) is 5.56 Å². The second-order valence-corrected chi connectivity index (χ2v) is 3.59. The highest BCUT2D eigenvalue weighted by molar-refractivity contribution is 5.29. The largest absolute Gasteiger partial charge is 0.326 e. The van der Waals surface area contributed by atoms with Gasteiger partial charge in [-0.3, -0.25) is 4.79 Å². The molecule has 0 atom stereocenters. The fourth-order valence-corrected chi connectivity index (χ4v) is 1.77. The van der Waals surface area contributed by atoms with Gasteiger partial charge < -0.3 is 10.3 Å². The van der Waals surface area contributed by atoms with Gasteiger partial charge in [0.05, 0.1) is 0 Å². The van der Waals surface area contributed by atoms with Crippen LogP contribution in [0.5, 0.6) is 0 Å². The standard InChI is InChI=1S/C11H18N2O/c1-4-5-13-9(3)10(7-12)8(2)6-11(13)14/h6H,4-5,7,12H2,1-3H3. The number of nitrogens with two attached hydrogens (primary N) is 1. The Morgan fingerprint density at radius 1 is 1.43 bits per heavy atom. The lowest BCUT2D eigenvalue weighted by molar-refractivity contribution is 0.626. The summed E-state index contributed by atoms with van der Waals surface area (Å²) in [6.45, 7) is 7.24. The van der Waals surface area contributed by atoms with Crippen molar-refractivity contribution in [2.45, 2.75) is 40.3 Å². The second-order valence-electron chi connectivity index (χ2n) is 3.59. The maximum Gasteiger partial charge on any atom is 0.250 e. The van der Waals surface area contributed by atoms with Crippen LogP contribution in [-0.2, 0) is 13.1 Å². The molecule has 0 spiro atoms. The summed E-state index contributed by atoms with van der Waals surface area (Å²) >= 11 is 0. The van der Waals surface area contributed by atoms with Gasteiger partial charge in [0.1, 0.15) is 0 Å². The SMILES string of the molecule is CCCn1c(C)c(CN)c(C)cc1=O. The van der Waals surface area contributed by atoms with E-state index in [-0.39, 0.29) is 5.56 Å². The number of hydrogen-bond acceptors (Lipinski definition) is 2. The number of hydrogen-bond donors (Lipinski definition) is 1. The molecule has 14 heavy (non-hydrogen) atoms. The lowest BCUT2D eigenvalue weighted by Crippen LogP contribution is -2.24. The molecule has 0 unspecified atom stereocenters. The van der Waals surface area contributed by atoms with Crippen molar-refractivity contribution in [3.05, 3.63) is 33.2 Å². The van der Waals surface area contributed by atoms with Crippen LogP contribution in [0.2, 0.25) is 0 Å². The summed E-state index contributed by atoms with van der Waals surface area (Å²) in [5.74, 6) is 0. The van der Waals surface area contributed by atoms with Crippen LogP contribution in [0.4, 0.5) is 0 Å². The van der Waals surface area contributed by atoms with Gasteiger partial charge in [0.15, 0.2) is 0 Å². The zero-order valence-electron chi connectivity index (χ0n) is 9.13. The molecule has 0 radical (unpaired) electrons. The van der Waals surface area contributed by atoms with E-state index in [0.717, 1.165) is 29.8 Å². The van der Waals surface area contributed by atoms with E-state index in [0.29, 0.717) is 6.54 Å². The first kappa shape index (κ1) is 11.0. The van der Waals surface area contributed by atoms with Crippen molar-refractivity contribution in [2.75, 3.05) is 0 Å². The molecule has 0 saturated carbocycles. The number of aromatic nitrogens is 1. The first-order valence-corrected chi connectivity index (χ1v) is 5.01. The van der Waals surface area contributed by atoms with Gasteiger partial charge in [-0.25, -0.2) is 0 Å². The molecule has 78 valence electrons. The molecule has 3 nitrogen and oxygen atoms in total. The minimum absolute atomic E-state index is 0.0825. The quantitative estimate of drug-likeness (QED) is 0.789. The van der Waals surface area contributed by atoms with Crippen molar-refractivity contribution in [3.63, 3.8) is 0 Å². The van der Waals surface area contributed by atoms with Crippen LogP contribution in [0.3, 0.4) is 0 Å².